The van der Waals surface area contributed by atoms with Gasteiger partial charge in [-0.05, 0) is 53.4 Å². The summed E-state index contributed by atoms with van der Waals surface area (Å²) in [5.74, 6) is 0. The summed E-state index contributed by atoms with van der Waals surface area (Å²) < 4.78 is 0. The van der Waals surface area contributed by atoms with E-state index in [9.17, 15) is 5.11 Å². The van der Waals surface area contributed by atoms with Crippen molar-refractivity contribution in [1.29, 1.82) is 0 Å². The Hall–Kier alpha value is -0.120. The van der Waals surface area contributed by atoms with Crippen LogP contribution in [0.5, 0.6) is 0 Å². The zero-order chi connectivity index (χ0) is 11.7. The number of aliphatic hydroxyl groups is 1. The van der Waals surface area contributed by atoms with Gasteiger partial charge in [0.2, 0.25) is 0 Å². The van der Waals surface area contributed by atoms with E-state index >= 15 is 0 Å². The number of hydroxylamine groups is 2. The van der Waals surface area contributed by atoms with Crippen molar-refractivity contribution in [1.82, 2.24) is 5.06 Å². The first-order chi connectivity index (χ1) is 6.79. The maximum Gasteiger partial charge on any atom is 0.174 e. The molecule has 0 aromatic carbocycles. The van der Waals surface area contributed by atoms with Crippen molar-refractivity contribution in [3.05, 3.63) is 0 Å². The summed E-state index contributed by atoms with van der Waals surface area (Å²) in [6.07, 6.45) is 3.41. The molecule has 1 N–H and O–H groups in total. The van der Waals surface area contributed by atoms with E-state index in [4.69, 9.17) is 4.84 Å². The minimum atomic E-state index is -0.679. The van der Waals surface area contributed by atoms with Gasteiger partial charge in [-0.15, -0.1) is 0 Å². The fourth-order valence-corrected chi connectivity index (χ4v) is 2.46. The molecule has 90 valence electrons. The third-order valence-electron chi connectivity index (χ3n) is 3.25. The molecule has 1 unspecified atom stereocenters. The molecule has 0 aromatic heterocycles. The van der Waals surface area contributed by atoms with Gasteiger partial charge in [-0.1, -0.05) is 6.92 Å². The molecule has 1 saturated heterocycles. The van der Waals surface area contributed by atoms with Gasteiger partial charge in [0.25, 0.3) is 0 Å². The normalized spacial score (nSPS) is 27.6. The molecule has 15 heavy (non-hydrogen) atoms. The predicted molar refractivity (Wildman–Crippen MR) is 61.2 cm³/mol. The summed E-state index contributed by atoms with van der Waals surface area (Å²) in [6.45, 7) is 10.6. The highest BCUT2D eigenvalue weighted by atomic mass is 16.8. The van der Waals surface area contributed by atoms with Crippen LogP contribution in [0.4, 0.5) is 0 Å². The first-order valence-corrected chi connectivity index (χ1v) is 5.95. The highest BCUT2D eigenvalue weighted by Crippen LogP contribution is 2.38. The molecule has 1 heterocycles. The van der Waals surface area contributed by atoms with E-state index in [2.05, 4.69) is 27.7 Å². The summed E-state index contributed by atoms with van der Waals surface area (Å²) in [5, 5.41) is 11.6. The minimum Gasteiger partial charge on any atom is -0.366 e. The van der Waals surface area contributed by atoms with Crippen LogP contribution in [-0.2, 0) is 4.84 Å². The summed E-state index contributed by atoms with van der Waals surface area (Å²) in [6, 6.07) is 0. The summed E-state index contributed by atoms with van der Waals surface area (Å²) in [4.78, 5) is 5.66. The number of aliphatic hydroxyl groups excluding tert-OH is 1. The van der Waals surface area contributed by atoms with Crippen LogP contribution in [0.25, 0.3) is 0 Å². The zero-order valence-electron chi connectivity index (χ0n) is 10.7. The van der Waals surface area contributed by atoms with E-state index in [1.54, 1.807) is 0 Å². The molecular formula is C12H25NO2. The molecule has 0 saturated carbocycles. The highest BCUT2D eigenvalue weighted by molar-refractivity contribution is 4.92. The Labute approximate surface area is 93.4 Å². The topological polar surface area (TPSA) is 32.7 Å². The average Bonchev–Trinajstić information content (AvgIpc) is 2.10. The Kier molecular flexibility index (Phi) is 3.80. The van der Waals surface area contributed by atoms with Crippen molar-refractivity contribution in [2.45, 2.75) is 77.7 Å². The lowest BCUT2D eigenvalue weighted by atomic mass is 9.82. The van der Waals surface area contributed by atoms with Crippen LogP contribution in [0, 0.1) is 0 Å². The second-order valence-corrected chi connectivity index (χ2v) is 5.74. The van der Waals surface area contributed by atoms with E-state index in [0.29, 0.717) is 6.42 Å². The Balaban J connectivity index is 2.77. The number of nitrogens with zero attached hydrogens (tertiary/aromatic N) is 1. The van der Waals surface area contributed by atoms with Crippen LogP contribution in [0.2, 0.25) is 0 Å². The number of hydrogen-bond donors (Lipinski definition) is 1. The van der Waals surface area contributed by atoms with Crippen molar-refractivity contribution in [2.75, 3.05) is 0 Å². The molecule has 1 aliphatic heterocycles. The van der Waals surface area contributed by atoms with Gasteiger partial charge in [0, 0.05) is 11.1 Å². The van der Waals surface area contributed by atoms with Gasteiger partial charge in [-0.25, -0.2) is 0 Å². The Bertz CT molecular complexity index is 198. The lowest BCUT2D eigenvalue weighted by Gasteiger charge is -2.51. The van der Waals surface area contributed by atoms with Crippen LogP contribution < -0.4 is 0 Å². The van der Waals surface area contributed by atoms with Crippen LogP contribution in [0.3, 0.4) is 0 Å². The molecule has 0 radical (unpaired) electrons. The standard InChI is InChI=1S/C12H25NO2/c1-6-10(14)15-13-11(2,3)8-7-9-12(13,4)5/h10,14H,6-9H2,1-5H3. The van der Waals surface area contributed by atoms with Gasteiger partial charge in [-0.2, -0.15) is 5.06 Å². The summed E-state index contributed by atoms with van der Waals surface area (Å²) in [5.41, 5.74) is 0.0236. The van der Waals surface area contributed by atoms with Gasteiger partial charge >= 0.3 is 0 Å². The van der Waals surface area contributed by atoms with E-state index in [1.807, 2.05) is 12.0 Å². The fraction of sp³-hybridized carbons (Fsp3) is 1.00. The molecule has 1 fully saturated rings. The van der Waals surface area contributed by atoms with Crippen LogP contribution in [0.15, 0.2) is 0 Å². The highest BCUT2D eigenvalue weighted by Gasteiger charge is 2.43. The molecule has 0 aromatic rings. The maximum atomic E-state index is 9.61. The van der Waals surface area contributed by atoms with Gasteiger partial charge in [-0.3, -0.25) is 4.84 Å². The van der Waals surface area contributed by atoms with Crippen LogP contribution in [-0.4, -0.2) is 27.5 Å². The quantitative estimate of drug-likeness (QED) is 0.735. The third kappa shape index (κ3) is 2.92. The Morgan fingerprint density at radius 2 is 1.67 bits per heavy atom. The minimum absolute atomic E-state index is 0.0118. The lowest BCUT2D eigenvalue weighted by molar-refractivity contribution is -0.344. The monoisotopic (exact) mass is 215 g/mol. The molecular weight excluding hydrogens is 190 g/mol. The molecule has 0 aliphatic carbocycles. The first-order valence-electron chi connectivity index (χ1n) is 5.95. The van der Waals surface area contributed by atoms with E-state index in [1.165, 1.54) is 6.42 Å². The summed E-state index contributed by atoms with van der Waals surface area (Å²) >= 11 is 0. The van der Waals surface area contributed by atoms with Gasteiger partial charge in [0.15, 0.2) is 6.29 Å². The summed E-state index contributed by atoms with van der Waals surface area (Å²) in [7, 11) is 0. The second kappa shape index (κ2) is 4.40. The number of hydrogen-bond acceptors (Lipinski definition) is 3. The van der Waals surface area contributed by atoms with Crippen molar-refractivity contribution < 1.29 is 9.94 Å². The molecule has 0 spiro atoms. The fourth-order valence-electron chi connectivity index (χ4n) is 2.46. The van der Waals surface area contributed by atoms with Crippen molar-refractivity contribution in [3.8, 4) is 0 Å². The molecule has 1 aliphatic rings. The van der Waals surface area contributed by atoms with Gasteiger partial charge in [0.1, 0.15) is 0 Å². The molecule has 0 bridgehead atoms. The van der Waals surface area contributed by atoms with E-state index < -0.39 is 6.29 Å². The van der Waals surface area contributed by atoms with Crippen LogP contribution >= 0.6 is 0 Å². The van der Waals surface area contributed by atoms with E-state index in [-0.39, 0.29) is 11.1 Å². The maximum absolute atomic E-state index is 9.61. The molecule has 1 atom stereocenters. The molecule has 1 rings (SSSR count). The van der Waals surface area contributed by atoms with E-state index in [0.717, 1.165) is 12.8 Å². The number of rotatable bonds is 3. The largest absolute Gasteiger partial charge is 0.366 e. The number of piperidine rings is 1. The van der Waals surface area contributed by atoms with Crippen LogP contribution in [0.1, 0.15) is 60.3 Å². The zero-order valence-corrected chi connectivity index (χ0v) is 10.7. The first kappa shape index (κ1) is 12.9. The lowest BCUT2D eigenvalue weighted by Crippen LogP contribution is -2.59. The SMILES string of the molecule is CCC(O)ON1C(C)(C)CCCC1(C)C. The molecule has 0 amide bonds. The Morgan fingerprint density at radius 3 is 2.07 bits per heavy atom. The average molecular weight is 215 g/mol. The molecule has 3 heteroatoms. The van der Waals surface area contributed by atoms with Crippen molar-refractivity contribution in [2.24, 2.45) is 0 Å². The van der Waals surface area contributed by atoms with Crippen molar-refractivity contribution in [3.63, 3.8) is 0 Å². The van der Waals surface area contributed by atoms with Gasteiger partial charge < -0.3 is 5.11 Å². The predicted octanol–water partition coefficient (Wildman–Crippen LogP) is 2.69. The smallest absolute Gasteiger partial charge is 0.174 e. The Morgan fingerprint density at radius 1 is 1.20 bits per heavy atom. The second-order valence-electron chi connectivity index (χ2n) is 5.74. The van der Waals surface area contributed by atoms with Gasteiger partial charge in [0.05, 0.1) is 0 Å². The molecule has 3 nitrogen and oxygen atoms in total. The third-order valence-corrected chi connectivity index (χ3v) is 3.25. The van der Waals surface area contributed by atoms with Crippen molar-refractivity contribution >= 4 is 0 Å².